The third-order valence-corrected chi connectivity index (χ3v) is 7.04. The average molecular weight is 437 g/mol. The number of fused-ring (bicyclic) bond motifs is 1. The number of nitrogens with one attached hydrogen (secondary N) is 1. The van der Waals surface area contributed by atoms with Gasteiger partial charge in [0.1, 0.15) is 0 Å². The Morgan fingerprint density at radius 3 is 2.81 bits per heavy atom. The molecule has 4 rings (SSSR count). The van der Waals surface area contributed by atoms with Gasteiger partial charge in [0, 0.05) is 37.1 Å². The van der Waals surface area contributed by atoms with Crippen LogP contribution in [0.1, 0.15) is 33.8 Å². The summed E-state index contributed by atoms with van der Waals surface area (Å²) in [6, 6.07) is 14.1. The number of likely N-dealkylation sites (N-methyl/N-ethyl adjacent to an activating group) is 1. The lowest BCUT2D eigenvalue weighted by Crippen LogP contribution is -2.42. The number of carbonyl (C=O) groups excluding carboxylic acids is 2. The molecule has 6 nitrogen and oxygen atoms in total. The smallest absolute Gasteiger partial charge is 0.261 e. The molecule has 0 aliphatic carbocycles. The third kappa shape index (κ3) is 4.78. The van der Waals surface area contributed by atoms with Gasteiger partial charge in [0.05, 0.1) is 17.1 Å². The molecule has 7 heteroatoms. The van der Waals surface area contributed by atoms with Gasteiger partial charge in [-0.3, -0.25) is 19.5 Å². The van der Waals surface area contributed by atoms with Crippen molar-refractivity contribution in [3.05, 3.63) is 64.8 Å². The van der Waals surface area contributed by atoms with E-state index >= 15 is 0 Å². The number of hydrogen-bond acceptors (Lipinski definition) is 5. The van der Waals surface area contributed by atoms with Gasteiger partial charge < -0.3 is 10.2 Å². The van der Waals surface area contributed by atoms with E-state index in [9.17, 15) is 9.59 Å². The van der Waals surface area contributed by atoms with Crippen LogP contribution in [-0.4, -0.2) is 59.8 Å². The van der Waals surface area contributed by atoms with E-state index < -0.39 is 0 Å². The predicted molar refractivity (Wildman–Crippen MR) is 124 cm³/mol. The molecule has 1 aliphatic heterocycles. The van der Waals surface area contributed by atoms with Crippen LogP contribution in [0.5, 0.6) is 0 Å². The van der Waals surface area contributed by atoms with Crippen LogP contribution in [0.25, 0.3) is 10.1 Å². The van der Waals surface area contributed by atoms with Gasteiger partial charge in [0.25, 0.3) is 5.91 Å². The summed E-state index contributed by atoms with van der Waals surface area (Å²) >= 11 is 1.53. The van der Waals surface area contributed by atoms with E-state index in [1.807, 2.05) is 47.2 Å². The van der Waals surface area contributed by atoms with Gasteiger partial charge in [-0.15, -0.1) is 11.3 Å². The molecule has 0 radical (unpaired) electrons. The summed E-state index contributed by atoms with van der Waals surface area (Å²) in [5.74, 6) is 0.0872. The lowest BCUT2D eigenvalue weighted by atomic mass is 10.0. The number of aromatic nitrogens is 1. The van der Waals surface area contributed by atoms with Gasteiger partial charge in [0.15, 0.2) is 0 Å². The summed E-state index contributed by atoms with van der Waals surface area (Å²) in [5, 5.41) is 3.89. The minimum Gasteiger partial charge on any atom is -0.354 e. The number of pyridine rings is 1. The van der Waals surface area contributed by atoms with Crippen LogP contribution in [0.4, 0.5) is 0 Å². The fourth-order valence-corrected chi connectivity index (χ4v) is 5.54. The molecule has 0 spiro atoms. The predicted octanol–water partition coefficient (Wildman–Crippen LogP) is 3.32. The molecule has 0 unspecified atom stereocenters. The fourth-order valence-electron chi connectivity index (χ4n) is 4.36. The van der Waals surface area contributed by atoms with E-state index in [-0.39, 0.29) is 17.9 Å². The largest absolute Gasteiger partial charge is 0.354 e. The summed E-state index contributed by atoms with van der Waals surface area (Å²) in [5.41, 5.74) is 2.02. The lowest BCUT2D eigenvalue weighted by molar-refractivity contribution is -0.133. The minimum absolute atomic E-state index is 0.0535. The van der Waals surface area contributed by atoms with Crippen LogP contribution in [0.15, 0.2) is 48.7 Å². The normalized spacial score (nSPS) is 16.2. The maximum Gasteiger partial charge on any atom is 0.261 e. The zero-order chi connectivity index (χ0) is 21.8. The number of benzene rings is 1. The Kier molecular flexibility index (Phi) is 6.63. The molecule has 0 saturated carbocycles. The van der Waals surface area contributed by atoms with Crippen LogP contribution in [0.3, 0.4) is 0 Å². The molecule has 2 amide bonds. The van der Waals surface area contributed by atoms with Crippen molar-refractivity contribution >= 4 is 33.2 Å². The second-order valence-corrected chi connectivity index (χ2v) is 9.12. The van der Waals surface area contributed by atoms with Crippen molar-refractivity contribution in [2.45, 2.75) is 31.8 Å². The van der Waals surface area contributed by atoms with Crippen molar-refractivity contribution < 1.29 is 9.59 Å². The molecule has 1 fully saturated rings. The molecule has 162 valence electrons. The fraction of sp³-hybridized carbons (Fsp3) is 0.375. The molecule has 1 aliphatic rings. The quantitative estimate of drug-likeness (QED) is 0.617. The van der Waals surface area contributed by atoms with Crippen molar-refractivity contribution in [2.24, 2.45) is 0 Å². The number of amides is 2. The van der Waals surface area contributed by atoms with Gasteiger partial charge in [-0.05, 0) is 55.5 Å². The molecule has 3 heterocycles. The van der Waals surface area contributed by atoms with Gasteiger partial charge in [-0.1, -0.05) is 24.3 Å². The van der Waals surface area contributed by atoms with Crippen LogP contribution >= 0.6 is 11.3 Å². The third-order valence-electron chi connectivity index (χ3n) is 5.83. The molecule has 31 heavy (non-hydrogen) atoms. The summed E-state index contributed by atoms with van der Waals surface area (Å²) < 4.78 is 1.11. The number of carbonyl (C=O) groups is 2. The van der Waals surface area contributed by atoms with Gasteiger partial charge in [-0.25, -0.2) is 0 Å². The Labute approximate surface area is 186 Å². The van der Waals surface area contributed by atoms with E-state index in [4.69, 9.17) is 0 Å². The van der Waals surface area contributed by atoms with Crippen molar-refractivity contribution in [3.63, 3.8) is 0 Å². The van der Waals surface area contributed by atoms with Crippen molar-refractivity contribution in [1.29, 1.82) is 0 Å². The van der Waals surface area contributed by atoms with Crippen LogP contribution < -0.4 is 5.32 Å². The second kappa shape index (κ2) is 9.58. The second-order valence-electron chi connectivity index (χ2n) is 8.07. The van der Waals surface area contributed by atoms with E-state index in [0.717, 1.165) is 45.6 Å². The highest BCUT2D eigenvalue weighted by molar-refractivity contribution is 7.21. The molecular formula is C24H28N4O2S. The number of hydrogen-bond donors (Lipinski definition) is 1. The Morgan fingerprint density at radius 1 is 1.23 bits per heavy atom. The minimum atomic E-state index is -0.0535. The Hall–Kier alpha value is -2.77. The number of nitrogens with zero attached hydrogens (tertiary/aromatic N) is 3. The van der Waals surface area contributed by atoms with Crippen LogP contribution in [0.2, 0.25) is 0 Å². The van der Waals surface area contributed by atoms with Gasteiger partial charge in [0.2, 0.25) is 5.91 Å². The summed E-state index contributed by atoms with van der Waals surface area (Å²) in [7, 11) is 3.62. The van der Waals surface area contributed by atoms with Gasteiger partial charge in [-0.2, -0.15) is 0 Å². The molecule has 0 bridgehead atoms. The standard InChI is InChI=1S/C24H28N4O2S/c1-25-24(30)23-20(19-10-3-4-11-21(19)31-23)14-18-9-7-13-28(18)22(29)16-27(2)15-17-8-5-6-12-26-17/h3-6,8,10-12,18H,7,9,13-16H2,1-2H3,(H,25,30)/t18-/m0/s1. The van der Waals surface area contributed by atoms with Crippen molar-refractivity contribution in [1.82, 2.24) is 20.1 Å². The molecule has 2 aromatic heterocycles. The van der Waals surface area contributed by atoms with Crippen molar-refractivity contribution in [3.8, 4) is 0 Å². The summed E-state index contributed by atoms with van der Waals surface area (Å²) in [6.45, 7) is 1.78. The first-order valence-corrected chi connectivity index (χ1v) is 11.5. The van der Waals surface area contributed by atoms with Gasteiger partial charge >= 0.3 is 0 Å². The molecule has 3 aromatic rings. The number of thiophene rings is 1. The number of likely N-dealkylation sites (tertiary alicyclic amines) is 1. The van der Waals surface area contributed by atoms with Crippen LogP contribution in [-0.2, 0) is 17.8 Å². The first-order chi connectivity index (χ1) is 15.1. The molecule has 1 atom stereocenters. The van der Waals surface area contributed by atoms with E-state index in [1.54, 1.807) is 13.2 Å². The molecular weight excluding hydrogens is 408 g/mol. The highest BCUT2D eigenvalue weighted by Gasteiger charge is 2.31. The summed E-state index contributed by atoms with van der Waals surface area (Å²) in [6.07, 6.45) is 4.45. The molecule has 1 aromatic carbocycles. The Bertz CT molecular complexity index is 1070. The van der Waals surface area contributed by atoms with E-state index in [1.165, 1.54) is 11.3 Å². The highest BCUT2D eigenvalue weighted by Crippen LogP contribution is 2.34. The topological polar surface area (TPSA) is 65.5 Å². The van der Waals surface area contributed by atoms with Crippen molar-refractivity contribution in [2.75, 3.05) is 27.2 Å². The maximum absolute atomic E-state index is 13.1. The van der Waals surface area contributed by atoms with Crippen LogP contribution in [0, 0.1) is 0 Å². The Morgan fingerprint density at radius 2 is 2.03 bits per heavy atom. The number of rotatable bonds is 7. The first-order valence-electron chi connectivity index (χ1n) is 10.7. The lowest BCUT2D eigenvalue weighted by Gasteiger charge is -2.27. The highest BCUT2D eigenvalue weighted by atomic mass is 32.1. The summed E-state index contributed by atoms with van der Waals surface area (Å²) in [4.78, 5) is 34.8. The van der Waals surface area contributed by atoms with E-state index in [0.29, 0.717) is 19.5 Å². The zero-order valence-electron chi connectivity index (χ0n) is 18.0. The maximum atomic E-state index is 13.1. The molecule has 1 saturated heterocycles. The Balaban J connectivity index is 1.49. The average Bonchev–Trinajstić information content (AvgIpc) is 3.39. The zero-order valence-corrected chi connectivity index (χ0v) is 18.8. The first kappa shape index (κ1) is 21.5. The van der Waals surface area contributed by atoms with E-state index in [2.05, 4.69) is 22.4 Å². The monoisotopic (exact) mass is 436 g/mol. The molecule has 1 N–H and O–H groups in total. The SMILES string of the molecule is CNC(=O)c1sc2ccccc2c1C[C@@H]1CCCN1C(=O)CN(C)Cc1ccccn1.